The molecule has 20 heavy (non-hydrogen) atoms. The van der Waals surface area contributed by atoms with Gasteiger partial charge in [-0.05, 0) is 24.3 Å². The first-order valence-corrected chi connectivity index (χ1v) is 6.07. The normalized spacial score (nSPS) is 9.95. The zero-order valence-corrected chi connectivity index (χ0v) is 11.7. The summed E-state index contributed by atoms with van der Waals surface area (Å²) in [6.07, 6.45) is 1.53. The number of benzene rings is 1. The van der Waals surface area contributed by atoms with E-state index < -0.39 is 5.97 Å². The molecule has 0 spiro atoms. The van der Waals surface area contributed by atoms with Crippen molar-refractivity contribution in [2.75, 3.05) is 14.2 Å². The average molecular weight is 294 g/mol. The third kappa shape index (κ3) is 3.19. The lowest BCUT2D eigenvalue weighted by molar-refractivity contribution is 0.0596. The summed E-state index contributed by atoms with van der Waals surface area (Å²) in [5.41, 5.74) is 0.285. The molecular formula is C14H12ClNO4. The van der Waals surface area contributed by atoms with Gasteiger partial charge in [-0.3, -0.25) is 0 Å². The fourth-order valence-corrected chi connectivity index (χ4v) is 1.77. The Labute approximate surface area is 121 Å². The Kier molecular flexibility index (Phi) is 4.42. The number of halogens is 1. The van der Waals surface area contributed by atoms with Crippen LogP contribution >= 0.6 is 11.6 Å². The number of nitrogens with zero attached hydrogens (tertiary/aromatic N) is 1. The summed E-state index contributed by atoms with van der Waals surface area (Å²) in [6, 6.07) is 8.08. The van der Waals surface area contributed by atoms with Crippen molar-refractivity contribution in [1.82, 2.24) is 4.98 Å². The molecule has 0 radical (unpaired) electrons. The van der Waals surface area contributed by atoms with Crippen LogP contribution in [0.3, 0.4) is 0 Å². The lowest BCUT2D eigenvalue weighted by Crippen LogP contribution is -2.04. The van der Waals surface area contributed by atoms with Gasteiger partial charge in [0, 0.05) is 12.3 Å². The van der Waals surface area contributed by atoms with E-state index in [1.54, 1.807) is 30.3 Å². The van der Waals surface area contributed by atoms with Crippen molar-refractivity contribution in [2.24, 2.45) is 0 Å². The number of carbonyl (C=O) groups is 1. The summed E-state index contributed by atoms with van der Waals surface area (Å²) < 4.78 is 15.4. The second-order valence-corrected chi connectivity index (χ2v) is 4.16. The van der Waals surface area contributed by atoms with E-state index in [1.165, 1.54) is 20.4 Å². The molecule has 104 valence electrons. The molecule has 0 fully saturated rings. The topological polar surface area (TPSA) is 57.7 Å². The predicted molar refractivity (Wildman–Crippen MR) is 73.7 cm³/mol. The first-order chi connectivity index (χ1) is 9.63. The minimum atomic E-state index is -0.500. The molecule has 0 N–H and O–H groups in total. The zero-order valence-electron chi connectivity index (χ0n) is 10.9. The lowest BCUT2D eigenvalue weighted by Gasteiger charge is -2.10. The Morgan fingerprint density at radius 2 is 1.90 bits per heavy atom. The van der Waals surface area contributed by atoms with Crippen molar-refractivity contribution in [3.05, 3.63) is 47.2 Å². The van der Waals surface area contributed by atoms with Gasteiger partial charge in [0.05, 0.1) is 14.2 Å². The number of rotatable bonds is 4. The average Bonchev–Trinajstić information content (AvgIpc) is 2.46. The third-order valence-electron chi connectivity index (χ3n) is 2.51. The smallest absolute Gasteiger partial charge is 0.341 e. The molecule has 1 aromatic heterocycles. The minimum absolute atomic E-state index is 0.285. The van der Waals surface area contributed by atoms with Crippen molar-refractivity contribution in [2.45, 2.75) is 0 Å². The van der Waals surface area contributed by atoms with Crippen LogP contribution in [-0.2, 0) is 4.74 Å². The van der Waals surface area contributed by atoms with E-state index in [0.29, 0.717) is 22.4 Å². The SMILES string of the molecule is COC(=O)c1cc(Oc2ccnc(Cl)c2)ccc1OC. The quantitative estimate of drug-likeness (QED) is 0.639. The molecule has 2 rings (SSSR count). The number of ether oxygens (including phenoxy) is 3. The molecule has 1 heterocycles. The highest BCUT2D eigenvalue weighted by molar-refractivity contribution is 6.29. The maximum atomic E-state index is 11.7. The molecule has 5 nitrogen and oxygen atoms in total. The first kappa shape index (κ1) is 14.1. The molecule has 6 heteroatoms. The van der Waals surface area contributed by atoms with Gasteiger partial charge >= 0.3 is 5.97 Å². The van der Waals surface area contributed by atoms with Crippen molar-refractivity contribution in [3.63, 3.8) is 0 Å². The molecule has 0 bridgehead atoms. The van der Waals surface area contributed by atoms with Crippen LogP contribution in [0.5, 0.6) is 17.2 Å². The molecule has 0 saturated carbocycles. The van der Waals surface area contributed by atoms with Gasteiger partial charge in [-0.25, -0.2) is 9.78 Å². The monoisotopic (exact) mass is 293 g/mol. The number of hydrogen-bond acceptors (Lipinski definition) is 5. The van der Waals surface area contributed by atoms with Gasteiger partial charge in [0.2, 0.25) is 0 Å². The Hall–Kier alpha value is -2.27. The van der Waals surface area contributed by atoms with Crippen molar-refractivity contribution in [1.29, 1.82) is 0 Å². The van der Waals surface area contributed by atoms with E-state index >= 15 is 0 Å². The van der Waals surface area contributed by atoms with Gasteiger partial charge in [0.25, 0.3) is 0 Å². The van der Waals surface area contributed by atoms with Crippen LogP contribution in [-0.4, -0.2) is 25.2 Å². The van der Waals surface area contributed by atoms with Crippen LogP contribution in [0, 0.1) is 0 Å². The molecule has 0 saturated heterocycles. The van der Waals surface area contributed by atoms with Crippen LogP contribution in [0.2, 0.25) is 5.15 Å². The maximum absolute atomic E-state index is 11.7. The van der Waals surface area contributed by atoms with E-state index in [4.69, 9.17) is 25.8 Å². The van der Waals surface area contributed by atoms with Gasteiger partial charge in [-0.2, -0.15) is 0 Å². The van der Waals surface area contributed by atoms with Crippen LogP contribution < -0.4 is 9.47 Å². The Morgan fingerprint density at radius 1 is 1.15 bits per heavy atom. The highest BCUT2D eigenvalue weighted by Gasteiger charge is 2.14. The van der Waals surface area contributed by atoms with Crippen molar-refractivity contribution < 1.29 is 19.0 Å². The summed E-state index contributed by atoms with van der Waals surface area (Å²) in [7, 11) is 2.78. The molecule has 0 unspecified atom stereocenters. The zero-order chi connectivity index (χ0) is 14.5. The summed E-state index contributed by atoms with van der Waals surface area (Å²) in [5, 5.41) is 0.323. The summed E-state index contributed by atoms with van der Waals surface area (Å²) >= 11 is 5.78. The Bertz CT molecular complexity index is 630. The Balaban J connectivity index is 2.31. The Morgan fingerprint density at radius 3 is 2.55 bits per heavy atom. The van der Waals surface area contributed by atoms with Crippen LogP contribution in [0.25, 0.3) is 0 Å². The van der Waals surface area contributed by atoms with Gasteiger partial charge < -0.3 is 14.2 Å². The predicted octanol–water partition coefficient (Wildman–Crippen LogP) is 3.32. The van der Waals surface area contributed by atoms with Crippen molar-refractivity contribution >= 4 is 17.6 Å². The summed E-state index contributed by atoms with van der Waals surface area (Å²) in [6.45, 7) is 0. The van der Waals surface area contributed by atoms with E-state index in [1.807, 2.05) is 0 Å². The van der Waals surface area contributed by atoms with Crippen molar-refractivity contribution in [3.8, 4) is 17.2 Å². The molecular weight excluding hydrogens is 282 g/mol. The second kappa shape index (κ2) is 6.25. The first-order valence-electron chi connectivity index (χ1n) is 5.70. The molecule has 2 aromatic rings. The highest BCUT2D eigenvalue weighted by atomic mass is 35.5. The second-order valence-electron chi connectivity index (χ2n) is 3.77. The van der Waals surface area contributed by atoms with Gasteiger partial charge in [0.1, 0.15) is 28.0 Å². The van der Waals surface area contributed by atoms with Crippen LogP contribution in [0.4, 0.5) is 0 Å². The maximum Gasteiger partial charge on any atom is 0.341 e. The van der Waals surface area contributed by atoms with Gasteiger partial charge in [-0.1, -0.05) is 11.6 Å². The number of methoxy groups -OCH3 is 2. The molecule has 0 aliphatic rings. The highest BCUT2D eigenvalue weighted by Crippen LogP contribution is 2.28. The number of pyridine rings is 1. The van der Waals surface area contributed by atoms with E-state index in [0.717, 1.165) is 0 Å². The molecule has 0 atom stereocenters. The van der Waals surface area contributed by atoms with Gasteiger partial charge in [-0.15, -0.1) is 0 Å². The third-order valence-corrected chi connectivity index (χ3v) is 2.72. The molecule has 1 aromatic carbocycles. The molecule has 0 amide bonds. The number of hydrogen-bond donors (Lipinski definition) is 0. The van der Waals surface area contributed by atoms with E-state index in [9.17, 15) is 4.79 Å². The minimum Gasteiger partial charge on any atom is -0.496 e. The fourth-order valence-electron chi connectivity index (χ4n) is 1.60. The number of aromatic nitrogens is 1. The standard InChI is InChI=1S/C14H12ClNO4/c1-18-12-4-3-9(7-11(12)14(17)19-2)20-10-5-6-16-13(15)8-10/h3-8H,1-2H3. The van der Waals surface area contributed by atoms with E-state index in [-0.39, 0.29) is 5.56 Å². The summed E-state index contributed by atoms with van der Waals surface area (Å²) in [5.74, 6) is 0.900. The molecule has 0 aliphatic carbocycles. The van der Waals surface area contributed by atoms with Crippen LogP contribution in [0.1, 0.15) is 10.4 Å². The van der Waals surface area contributed by atoms with Crippen LogP contribution in [0.15, 0.2) is 36.5 Å². The van der Waals surface area contributed by atoms with E-state index in [2.05, 4.69) is 4.98 Å². The number of carbonyl (C=O) groups excluding carboxylic acids is 1. The lowest BCUT2D eigenvalue weighted by atomic mass is 10.2. The fraction of sp³-hybridized carbons (Fsp3) is 0.143. The largest absolute Gasteiger partial charge is 0.496 e. The molecule has 0 aliphatic heterocycles. The number of esters is 1. The van der Waals surface area contributed by atoms with Gasteiger partial charge in [0.15, 0.2) is 0 Å². The summed E-state index contributed by atoms with van der Waals surface area (Å²) in [4.78, 5) is 15.5.